The molecule has 0 radical (unpaired) electrons. The minimum absolute atomic E-state index is 0.133. The van der Waals surface area contributed by atoms with Gasteiger partial charge >= 0.3 is 0 Å². The molecule has 3 rings (SSSR count). The maximum atomic E-state index is 5.60. The third-order valence-electron chi connectivity index (χ3n) is 4.48. The van der Waals surface area contributed by atoms with E-state index in [-0.39, 0.29) is 5.41 Å². The SMILES string of the molecule is CO[SiH2]CC(c1ccccc1)(c1ccccc1)c1ccccc1. The van der Waals surface area contributed by atoms with Crippen LogP contribution in [0.5, 0.6) is 0 Å². The summed E-state index contributed by atoms with van der Waals surface area (Å²) in [4.78, 5) is 0. The van der Waals surface area contributed by atoms with Gasteiger partial charge in [0.1, 0.15) is 0 Å². The largest absolute Gasteiger partial charge is 0.427 e. The van der Waals surface area contributed by atoms with Crippen LogP contribution in [0.2, 0.25) is 6.04 Å². The second-order valence-corrected chi connectivity index (χ2v) is 7.23. The van der Waals surface area contributed by atoms with Gasteiger partial charge in [-0.05, 0) is 22.7 Å². The predicted molar refractivity (Wildman–Crippen MR) is 99.6 cm³/mol. The zero-order valence-corrected chi connectivity index (χ0v) is 14.9. The Morgan fingerprint density at radius 1 is 0.652 bits per heavy atom. The molecule has 0 aliphatic carbocycles. The molecule has 23 heavy (non-hydrogen) atoms. The minimum Gasteiger partial charge on any atom is -0.427 e. The van der Waals surface area contributed by atoms with Crippen LogP contribution in [0.1, 0.15) is 16.7 Å². The lowest BCUT2D eigenvalue weighted by Gasteiger charge is -2.36. The van der Waals surface area contributed by atoms with Crippen molar-refractivity contribution < 1.29 is 4.43 Å². The van der Waals surface area contributed by atoms with Crippen LogP contribution in [0, 0.1) is 0 Å². The van der Waals surface area contributed by atoms with Crippen molar-refractivity contribution in [1.29, 1.82) is 0 Å². The number of rotatable bonds is 6. The quantitative estimate of drug-likeness (QED) is 0.489. The molecule has 0 aliphatic rings. The Labute approximate surface area is 140 Å². The fourth-order valence-electron chi connectivity index (χ4n) is 3.36. The molecule has 0 saturated heterocycles. The van der Waals surface area contributed by atoms with Gasteiger partial charge in [-0.25, -0.2) is 0 Å². The van der Waals surface area contributed by atoms with Crippen molar-refractivity contribution >= 4 is 9.76 Å². The summed E-state index contributed by atoms with van der Waals surface area (Å²) in [6.07, 6.45) is 0. The van der Waals surface area contributed by atoms with Crippen LogP contribution >= 0.6 is 0 Å². The van der Waals surface area contributed by atoms with Crippen molar-refractivity contribution in [3.8, 4) is 0 Å². The molecule has 0 saturated carbocycles. The van der Waals surface area contributed by atoms with Crippen LogP contribution in [-0.4, -0.2) is 16.9 Å². The highest BCUT2D eigenvalue weighted by Crippen LogP contribution is 2.42. The van der Waals surface area contributed by atoms with Gasteiger partial charge in [0.2, 0.25) is 0 Å². The highest BCUT2D eigenvalue weighted by Gasteiger charge is 2.35. The average molecular weight is 318 g/mol. The Kier molecular flexibility index (Phi) is 5.06. The van der Waals surface area contributed by atoms with E-state index >= 15 is 0 Å². The maximum absolute atomic E-state index is 5.60. The first-order chi connectivity index (χ1) is 11.4. The smallest absolute Gasteiger partial charge is 0.162 e. The summed E-state index contributed by atoms with van der Waals surface area (Å²) in [5.41, 5.74) is 3.87. The van der Waals surface area contributed by atoms with E-state index in [1.54, 1.807) is 0 Å². The van der Waals surface area contributed by atoms with Crippen molar-refractivity contribution in [2.45, 2.75) is 11.5 Å². The second-order valence-electron chi connectivity index (χ2n) is 5.75. The summed E-state index contributed by atoms with van der Waals surface area (Å²) in [5.74, 6) is 0. The standard InChI is InChI=1S/C21H22OSi/c1-22-23-17-21(18-11-5-2-6-12-18,19-13-7-3-8-14-19)20-15-9-4-10-16-20/h2-16H,17,23H2,1H3. The minimum atomic E-state index is -0.614. The lowest BCUT2D eigenvalue weighted by atomic mass is 9.71. The Hall–Kier alpha value is -2.16. The van der Waals surface area contributed by atoms with E-state index in [9.17, 15) is 0 Å². The van der Waals surface area contributed by atoms with E-state index in [1.165, 1.54) is 16.7 Å². The molecule has 0 unspecified atom stereocenters. The summed E-state index contributed by atoms with van der Waals surface area (Å²) in [6.45, 7) is 0. The summed E-state index contributed by atoms with van der Waals surface area (Å²) in [5, 5.41) is 0. The second kappa shape index (κ2) is 7.40. The Morgan fingerprint density at radius 3 is 1.30 bits per heavy atom. The lowest BCUT2D eigenvalue weighted by Crippen LogP contribution is -2.31. The van der Waals surface area contributed by atoms with Gasteiger partial charge in [-0.1, -0.05) is 91.0 Å². The highest BCUT2D eigenvalue weighted by molar-refractivity contribution is 6.28. The molecule has 0 spiro atoms. The third-order valence-corrected chi connectivity index (χ3v) is 5.84. The lowest BCUT2D eigenvalue weighted by molar-refractivity contribution is 0.433. The zero-order chi connectivity index (χ0) is 16.0. The van der Waals surface area contributed by atoms with Gasteiger partial charge in [0, 0.05) is 12.5 Å². The fourth-order valence-corrected chi connectivity index (χ4v) is 4.73. The summed E-state index contributed by atoms with van der Waals surface area (Å²) >= 11 is 0. The van der Waals surface area contributed by atoms with Crippen LogP contribution < -0.4 is 0 Å². The molecule has 3 aromatic rings. The highest BCUT2D eigenvalue weighted by atomic mass is 28.2. The zero-order valence-electron chi connectivity index (χ0n) is 13.5. The number of benzene rings is 3. The van der Waals surface area contributed by atoms with Gasteiger partial charge in [-0.3, -0.25) is 0 Å². The van der Waals surface area contributed by atoms with Crippen LogP contribution in [-0.2, 0) is 9.84 Å². The van der Waals surface area contributed by atoms with E-state index in [0.29, 0.717) is 0 Å². The molecule has 0 N–H and O–H groups in total. The van der Waals surface area contributed by atoms with Crippen LogP contribution in [0.25, 0.3) is 0 Å². The number of hydrogen-bond donors (Lipinski definition) is 0. The van der Waals surface area contributed by atoms with Crippen molar-refractivity contribution in [1.82, 2.24) is 0 Å². The monoisotopic (exact) mass is 318 g/mol. The topological polar surface area (TPSA) is 9.23 Å². The molecule has 0 heterocycles. The van der Waals surface area contributed by atoms with E-state index in [2.05, 4.69) is 91.0 Å². The Morgan fingerprint density at radius 2 is 1.00 bits per heavy atom. The molecule has 0 atom stereocenters. The Bertz CT molecular complexity index is 614. The molecule has 116 valence electrons. The van der Waals surface area contributed by atoms with Crippen LogP contribution in [0.4, 0.5) is 0 Å². The van der Waals surface area contributed by atoms with Crippen molar-refractivity contribution in [3.05, 3.63) is 108 Å². The Balaban J connectivity index is 2.25. The molecule has 0 bridgehead atoms. The summed E-state index contributed by atoms with van der Waals surface area (Å²) in [6, 6.07) is 33.5. The van der Waals surface area contributed by atoms with Gasteiger partial charge in [0.05, 0.1) is 0 Å². The van der Waals surface area contributed by atoms with Crippen molar-refractivity contribution in [2.24, 2.45) is 0 Å². The fraction of sp³-hybridized carbons (Fsp3) is 0.143. The normalized spacial score (nSPS) is 11.9. The molecule has 1 nitrogen and oxygen atoms in total. The van der Waals surface area contributed by atoms with Gasteiger partial charge in [0.15, 0.2) is 9.76 Å². The molecular formula is C21H22OSi. The average Bonchev–Trinajstić information content (AvgIpc) is 2.65. The molecular weight excluding hydrogens is 296 g/mol. The summed E-state index contributed by atoms with van der Waals surface area (Å²) in [7, 11) is 1.22. The predicted octanol–water partition coefficient (Wildman–Crippen LogP) is 4.17. The van der Waals surface area contributed by atoms with E-state index in [0.717, 1.165) is 6.04 Å². The third kappa shape index (κ3) is 3.14. The number of hydrogen-bond acceptors (Lipinski definition) is 1. The molecule has 3 aromatic carbocycles. The van der Waals surface area contributed by atoms with Gasteiger partial charge in [-0.2, -0.15) is 0 Å². The van der Waals surface area contributed by atoms with Crippen molar-refractivity contribution in [3.63, 3.8) is 0 Å². The molecule has 0 fully saturated rings. The van der Waals surface area contributed by atoms with Crippen molar-refractivity contribution in [2.75, 3.05) is 7.11 Å². The molecule has 0 aromatic heterocycles. The first-order valence-corrected chi connectivity index (χ1v) is 9.61. The first kappa shape index (κ1) is 15.7. The molecule has 2 heteroatoms. The molecule has 0 amide bonds. The summed E-state index contributed by atoms with van der Waals surface area (Å²) < 4.78 is 5.60. The van der Waals surface area contributed by atoms with E-state index in [1.807, 2.05) is 7.11 Å². The van der Waals surface area contributed by atoms with Gasteiger partial charge in [0.25, 0.3) is 0 Å². The molecule has 0 aliphatic heterocycles. The van der Waals surface area contributed by atoms with Crippen LogP contribution in [0.15, 0.2) is 91.0 Å². The van der Waals surface area contributed by atoms with E-state index < -0.39 is 9.76 Å². The maximum Gasteiger partial charge on any atom is 0.162 e. The van der Waals surface area contributed by atoms with Crippen LogP contribution in [0.3, 0.4) is 0 Å². The van der Waals surface area contributed by atoms with Gasteiger partial charge < -0.3 is 4.43 Å². The van der Waals surface area contributed by atoms with E-state index in [4.69, 9.17) is 4.43 Å². The van der Waals surface area contributed by atoms with Gasteiger partial charge in [-0.15, -0.1) is 0 Å². The first-order valence-electron chi connectivity index (χ1n) is 8.03.